The van der Waals surface area contributed by atoms with Crippen molar-refractivity contribution in [3.63, 3.8) is 0 Å². The zero-order valence-corrected chi connectivity index (χ0v) is 8.50. The third-order valence-electron chi connectivity index (χ3n) is 1.91. The van der Waals surface area contributed by atoms with Gasteiger partial charge in [0.05, 0.1) is 5.56 Å². The maximum Gasteiger partial charge on any atom is 0.338 e. The van der Waals surface area contributed by atoms with E-state index in [1.807, 2.05) is 18.2 Å². The normalized spacial score (nSPS) is 14.2. The van der Waals surface area contributed by atoms with Gasteiger partial charge in [0.15, 0.2) is 0 Å². The summed E-state index contributed by atoms with van der Waals surface area (Å²) in [5.41, 5.74) is 2.92. The Bertz CT molecular complexity index is 333. The summed E-state index contributed by atoms with van der Waals surface area (Å²) in [5.74, 6) is -0.184. The van der Waals surface area contributed by atoms with Crippen molar-refractivity contribution in [1.82, 2.24) is 0 Å². The minimum absolute atomic E-state index is 0.184. The van der Waals surface area contributed by atoms with Crippen molar-refractivity contribution in [3.8, 4) is 0 Å². The first-order chi connectivity index (χ1) is 5.81. The van der Waals surface area contributed by atoms with Crippen LogP contribution in [0.2, 0.25) is 0 Å². The summed E-state index contributed by atoms with van der Waals surface area (Å²) in [6, 6.07) is 5.92. The quantitative estimate of drug-likeness (QED) is 0.446. The third-order valence-corrected chi connectivity index (χ3v) is 2.79. The first-order valence-corrected chi connectivity index (χ1v) is 5.18. The highest BCUT2D eigenvalue weighted by atomic mass is 127. The second-order valence-electron chi connectivity index (χ2n) is 2.70. The predicted molar refractivity (Wildman–Crippen MR) is 53.3 cm³/mol. The molecule has 1 aliphatic heterocycles. The predicted octanol–water partition coefficient (Wildman–Crippen LogP) is 2.29. The number of esters is 1. The van der Waals surface area contributed by atoms with Crippen molar-refractivity contribution in [2.24, 2.45) is 0 Å². The number of halogens is 1. The van der Waals surface area contributed by atoms with E-state index in [4.69, 9.17) is 4.74 Å². The first-order valence-electron chi connectivity index (χ1n) is 3.66. The molecule has 1 heterocycles. The van der Waals surface area contributed by atoms with Crippen LogP contribution in [-0.4, -0.2) is 5.97 Å². The molecule has 0 saturated carbocycles. The number of alkyl halides is 1. The molecule has 3 heteroatoms. The number of carbonyl (C=O) groups excluding carboxylic acids is 1. The van der Waals surface area contributed by atoms with Crippen LogP contribution in [0.1, 0.15) is 21.5 Å². The number of rotatable bonds is 1. The number of ether oxygens (including phenoxy) is 1. The van der Waals surface area contributed by atoms with Gasteiger partial charge in [-0.05, 0) is 11.6 Å². The maximum atomic E-state index is 11.1. The molecular weight excluding hydrogens is 267 g/mol. The van der Waals surface area contributed by atoms with Gasteiger partial charge in [-0.3, -0.25) is 0 Å². The molecular formula is C9H7IO2. The maximum absolute atomic E-state index is 11.1. The van der Waals surface area contributed by atoms with Crippen LogP contribution in [-0.2, 0) is 15.8 Å². The van der Waals surface area contributed by atoms with Crippen LogP contribution in [0.3, 0.4) is 0 Å². The van der Waals surface area contributed by atoms with Gasteiger partial charge in [0.25, 0.3) is 0 Å². The monoisotopic (exact) mass is 274 g/mol. The van der Waals surface area contributed by atoms with Crippen LogP contribution >= 0.6 is 22.6 Å². The molecule has 0 amide bonds. The molecule has 0 unspecified atom stereocenters. The van der Waals surface area contributed by atoms with Gasteiger partial charge in [0.2, 0.25) is 0 Å². The van der Waals surface area contributed by atoms with Gasteiger partial charge in [0.1, 0.15) is 6.61 Å². The second-order valence-corrected chi connectivity index (χ2v) is 3.46. The summed E-state index contributed by atoms with van der Waals surface area (Å²) < 4.78 is 5.81. The number of fused-ring (bicyclic) bond motifs is 1. The van der Waals surface area contributed by atoms with Gasteiger partial charge in [0, 0.05) is 9.99 Å². The molecule has 12 heavy (non-hydrogen) atoms. The van der Waals surface area contributed by atoms with E-state index < -0.39 is 0 Å². The lowest BCUT2D eigenvalue weighted by Gasteiger charge is -1.96. The Morgan fingerprint density at radius 2 is 2.33 bits per heavy atom. The summed E-state index contributed by atoms with van der Waals surface area (Å²) in [6.07, 6.45) is 0. The van der Waals surface area contributed by atoms with E-state index >= 15 is 0 Å². The smallest absolute Gasteiger partial charge is 0.338 e. The van der Waals surface area contributed by atoms with Gasteiger partial charge in [-0.2, -0.15) is 0 Å². The van der Waals surface area contributed by atoms with E-state index in [-0.39, 0.29) is 5.97 Å². The average Bonchev–Trinajstić information content (AvgIpc) is 2.47. The molecule has 0 N–H and O–H groups in total. The van der Waals surface area contributed by atoms with Gasteiger partial charge >= 0.3 is 5.97 Å². The zero-order chi connectivity index (χ0) is 8.55. The molecule has 1 aromatic carbocycles. The Hall–Kier alpha value is -0.580. The zero-order valence-electron chi connectivity index (χ0n) is 6.34. The summed E-state index contributed by atoms with van der Waals surface area (Å²) in [5, 5.41) is 0. The molecule has 0 aromatic heterocycles. The fourth-order valence-electron chi connectivity index (χ4n) is 1.24. The largest absolute Gasteiger partial charge is 0.457 e. The topological polar surface area (TPSA) is 26.3 Å². The van der Waals surface area contributed by atoms with Crippen LogP contribution in [0.5, 0.6) is 0 Å². The van der Waals surface area contributed by atoms with Crippen molar-refractivity contribution >= 4 is 28.6 Å². The Kier molecular flexibility index (Phi) is 2.04. The molecule has 1 aromatic rings. The molecule has 1 aliphatic rings. The van der Waals surface area contributed by atoms with Gasteiger partial charge in [-0.1, -0.05) is 34.7 Å². The van der Waals surface area contributed by atoms with Crippen LogP contribution in [0.4, 0.5) is 0 Å². The lowest BCUT2D eigenvalue weighted by Crippen LogP contribution is -1.94. The van der Waals surface area contributed by atoms with E-state index in [9.17, 15) is 4.79 Å². The second kappa shape index (κ2) is 3.05. The lowest BCUT2D eigenvalue weighted by molar-refractivity contribution is 0.0535. The third kappa shape index (κ3) is 1.22. The summed E-state index contributed by atoms with van der Waals surface area (Å²) in [6.45, 7) is 0.440. The summed E-state index contributed by atoms with van der Waals surface area (Å²) >= 11 is 2.27. The van der Waals surface area contributed by atoms with E-state index in [0.717, 1.165) is 15.6 Å². The van der Waals surface area contributed by atoms with Crippen molar-refractivity contribution in [3.05, 3.63) is 34.9 Å². The highest BCUT2D eigenvalue weighted by molar-refractivity contribution is 14.1. The first kappa shape index (κ1) is 8.04. The number of carbonyl (C=O) groups is 1. The fourth-order valence-corrected chi connectivity index (χ4v) is 1.72. The minimum atomic E-state index is -0.184. The van der Waals surface area contributed by atoms with Crippen molar-refractivity contribution in [2.75, 3.05) is 0 Å². The highest BCUT2D eigenvalue weighted by Crippen LogP contribution is 2.21. The standard InChI is InChI=1S/C9H7IO2/c10-4-6-1-2-7-5-12-9(11)8(7)3-6/h1-3H,4-5H2. The van der Waals surface area contributed by atoms with Gasteiger partial charge < -0.3 is 4.74 Å². The van der Waals surface area contributed by atoms with Crippen molar-refractivity contribution in [2.45, 2.75) is 11.0 Å². The number of hydrogen-bond donors (Lipinski definition) is 0. The number of benzene rings is 1. The Labute approximate surface area is 84.1 Å². The molecule has 0 bridgehead atoms. The Morgan fingerprint density at radius 3 is 3.08 bits per heavy atom. The van der Waals surface area contributed by atoms with Gasteiger partial charge in [-0.15, -0.1) is 0 Å². The number of hydrogen-bond acceptors (Lipinski definition) is 2. The van der Waals surface area contributed by atoms with Crippen LogP contribution in [0, 0.1) is 0 Å². The molecule has 2 rings (SSSR count). The van der Waals surface area contributed by atoms with Crippen molar-refractivity contribution < 1.29 is 9.53 Å². The summed E-state index contributed by atoms with van der Waals surface area (Å²) in [4.78, 5) is 11.1. The Morgan fingerprint density at radius 1 is 1.50 bits per heavy atom. The van der Waals surface area contributed by atoms with E-state index in [1.54, 1.807) is 0 Å². The minimum Gasteiger partial charge on any atom is -0.457 e. The van der Waals surface area contributed by atoms with E-state index in [1.165, 1.54) is 5.56 Å². The summed E-state index contributed by atoms with van der Waals surface area (Å²) in [7, 11) is 0. The van der Waals surface area contributed by atoms with Gasteiger partial charge in [-0.25, -0.2) is 4.79 Å². The van der Waals surface area contributed by atoms with Crippen LogP contribution in [0.15, 0.2) is 18.2 Å². The molecule has 62 valence electrons. The highest BCUT2D eigenvalue weighted by Gasteiger charge is 2.20. The molecule has 0 atom stereocenters. The van der Waals surface area contributed by atoms with Crippen LogP contribution < -0.4 is 0 Å². The molecule has 0 spiro atoms. The number of cyclic esters (lactones) is 1. The molecule has 0 radical (unpaired) electrons. The lowest BCUT2D eigenvalue weighted by atomic mass is 10.1. The molecule has 0 fully saturated rings. The average molecular weight is 274 g/mol. The van der Waals surface area contributed by atoms with Crippen molar-refractivity contribution in [1.29, 1.82) is 0 Å². The molecule has 0 saturated heterocycles. The molecule has 2 nitrogen and oxygen atoms in total. The Balaban J connectivity index is 2.50. The SMILES string of the molecule is O=C1OCc2ccc(CI)cc21. The van der Waals surface area contributed by atoms with E-state index in [2.05, 4.69) is 22.6 Å². The van der Waals surface area contributed by atoms with Crippen LogP contribution in [0.25, 0.3) is 0 Å². The van der Waals surface area contributed by atoms with E-state index in [0.29, 0.717) is 6.61 Å². The molecule has 0 aliphatic carbocycles. The fraction of sp³-hybridized carbons (Fsp3) is 0.222.